The number of ketones is 1. The van der Waals surface area contributed by atoms with E-state index >= 15 is 0 Å². The van der Waals surface area contributed by atoms with Gasteiger partial charge in [0.15, 0.2) is 5.78 Å². The topological polar surface area (TPSA) is 57.5 Å². The maximum Gasteiger partial charge on any atom is 0.155 e. The zero-order valence-electron chi connectivity index (χ0n) is 19.4. The van der Waals surface area contributed by atoms with Crippen LogP contribution in [0.4, 0.5) is 0 Å². The van der Waals surface area contributed by atoms with Gasteiger partial charge in [0, 0.05) is 17.8 Å². The highest BCUT2D eigenvalue weighted by atomic mass is 16.3. The first-order chi connectivity index (χ1) is 14.2. The minimum atomic E-state index is -0.818. The van der Waals surface area contributed by atoms with Crippen molar-refractivity contribution in [1.29, 1.82) is 0 Å². The van der Waals surface area contributed by atoms with Gasteiger partial charge < -0.3 is 10.2 Å². The fraction of sp³-hybridized carbons (Fsp3) is 0.815. The Hall–Kier alpha value is -0.930. The summed E-state index contributed by atoms with van der Waals surface area (Å²) in [6.45, 7) is 9.13. The van der Waals surface area contributed by atoms with Crippen molar-refractivity contribution < 1.29 is 15.0 Å². The molecule has 0 unspecified atom stereocenters. The minimum absolute atomic E-state index is 0.0200. The molecule has 0 bridgehead atoms. The molecule has 4 aliphatic carbocycles. The van der Waals surface area contributed by atoms with E-state index in [1.165, 1.54) is 6.42 Å². The van der Waals surface area contributed by atoms with E-state index in [4.69, 9.17) is 0 Å². The third kappa shape index (κ3) is 3.26. The van der Waals surface area contributed by atoms with Gasteiger partial charge in [-0.1, -0.05) is 45.9 Å². The lowest BCUT2D eigenvalue weighted by atomic mass is 9.45. The number of aliphatic hydroxyl groups excluding tert-OH is 1. The second-order valence-corrected chi connectivity index (χ2v) is 11.8. The number of fused-ring (bicyclic) bond motifs is 5. The summed E-state index contributed by atoms with van der Waals surface area (Å²) in [4.78, 5) is 12.0. The van der Waals surface area contributed by atoms with Gasteiger partial charge in [0.2, 0.25) is 0 Å². The van der Waals surface area contributed by atoms with Crippen molar-refractivity contribution in [2.24, 2.45) is 46.3 Å². The van der Waals surface area contributed by atoms with Gasteiger partial charge in [-0.3, -0.25) is 4.79 Å². The van der Waals surface area contributed by atoms with Crippen LogP contribution in [-0.2, 0) is 4.79 Å². The molecule has 4 aliphatic rings. The third-order valence-electron chi connectivity index (χ3n) is 10.0. The maximum absolute atomic E-state index is 12.0. The Morgan fingerprint density at radius 3 is 2.57 bits per heavy atom. The summed E-state index contributed by atoms with van der Waals surface area (Å²) < 4.78 is 0. The Bertz CT molecular complexity index is 724. The van der Waals surface area contributed by atoms with Crippen molar-refractivity contribution in [2.75, 3.05) is 6.61 Å². The maximum atomic E-state index is 12.0. The van der Waals surface area contributed by atoms with Crippen LogP contribution in [0.1, 0.15) is 79.1 Å². The lowest BCUT2D eigenvalue weighted by Crippen LogP contribution is -2.58. The molecule has 0 aliphatic heterocycles. The first-order valence-electron chi connectivity index (χ1n) is 12.4. The van der Waals surface area contributed by atoms with Crippen LogP contribution >= 0.6 is 0 Å². The van der Waals surface area contributed by atoms with E-state index in [1.54, 1.807) is 0 Å². The number of allylic oxidation sites excluding steroid dienone is 3. The van der Waals surface area contributed by atoms with Crippen molar-refractivity contribution in [3.63, 3.8) is 0 Å². The van der Waals surface area contributed by atoms with E-state index in [9.17, 15) is 15.0 Å². The molecule has 8 atom stereocenters. The summed E-state index contributed by atoms with van der Waals surface area (Å²) in [5, 5.41) is 22.2. The van der Waals surface area contributed by atoms with Crippen molar-refractivity contribution in [3.05, 3.63) is 24.3 Å². The van der Waals surface area contributed by atoms with E-state index in [-0.39, 0.29) is 23.4 Å². The summed E-state index contributed by atoms with van der Waals surface area (Å²) in [6.07, 6.45) is 16.4. The summed E-state index contributed by atoms with van der Waals surface area (Å²) >= 11 is 0. The molecule has 0 amide bonds. The molecule has 0 heterocycles. The summed E-state index contributed by atoms with van der Waals surface area (Å²) in [7, 11) is 0. The van der Waals surface area contributed by atoms with Crippen LogP contribution in [-0.4, -0.2) is 28.2 Å². The molecule has 3 heteroatoms. The van der Waals surface area contributed by atoms with Gasteiger partial charge in [0.25, 0.3) is 0 Å². The first kappa shape index (κ1) is 22.3. The molecule has 30 heavy (non-hydrogen) atoms. The molecular formula is C27H42O3. The molecule has 0 spiro atoms. The molecule has 4 rings (SSSR count). The highest BCUT2D eigenvalue weighted by molar-refractivity contribution is 5.91. The van der Waals surface area contributed by atoms with Gasteiger partial charge in [0.05, 0.1) is 12.2 Å². The Balaban J connectivity index is 1.60. The molecule has 0 radical (unpaired) electrons. The predicted octanol–water partition coefficient (Wildman–Crippen LogP) is 5.32. The average molecular weight is 415 g/mol. The van der Waals surface area contributed by atoms with Crippen LogP contribution in [0.5, 0.6) is 0 Å². The number of carbonyl (C=O) groups is 1. The van der Waals surface area contributed by atoms with Crippen LogP contribution in [0.2, 0.25) is 0 Å². The first-order valence-corrected chi connectivity index (χ1v) is 12.4. The fourth-order valence-electron chi connectivity index (χ4n) is 8.18. The molecule has 0 aromatic heterocycles. The van der Waals surface area contributed by atoms with Crippen LogP contribution in [0.3, 0.4) is 0 Å². The highest BCUT2D eigenvalue weighted by Crippen LogP contribution is 2.68. The van der Waals surface area contributed by atoms with E-state index < -0.39 is 5.60 Å². The van der Waals surface area contributed by atoms with Gasteiger partial charge in [-0.05, 0) is 86.0 Å². The number of rotatable bonds is 5. The number of hydrogen-bond donors (Lipinski definition) is 2. The van der Waals surface area contributed by atoms with Crippen molar-refractivity contribution in [1.82, 2.24) is 0 Å². The molecule has 0 saturated heterocycles. The minimum Gasteiger partial charge on any atom is -0.396 e. The SMILES string of the molecule is CC(C)C/C=C/[C@@H](CO)[C@@]1(O)CC[C@H]2[C@H]3CC[C@H]4CC(=O)C=C[C@]4(C)[C@H]3CC[C@@]21C. The number of carbonyl (C=O) groups excluding carboxylic acids is 1. The van der Waals surface area contributed by atoms with Crippen molar-refractivity contribution >= 4 is 5.78 Å². The summed E-state index contributed by atoms with van der Waals surface area (Å²) in [6, 6.07) is 0. The molecule has 2 N–H and O–H groups in total. The molecule has 0 aromatic rings. The Morgan fingerprint density at radius 2 is 1.87 bits per heavy atom. The summed E-state index contributed by atoms with van der Waals surface area (Å²) in [5.41, 5.74) is -0.825. The molecule has 3 fully saturated rings. The summed E-state index contributed by atoms with van der Waals surface area (Å²) in [5.74, 6) is 2.94. The molecule has 168 valence electrons. The van der Waals surface area contributed by atoms with Crippen LogP contribution in [0.15, 0.2) is 24.3 Å². The van der Waals surface area contributed by atoms with Gasteiger partial charge in [-0.2, -0.15) is 0 Å². The van der Waals surface area contributed by atoms with Gasteiger partial charge in [-0.25, -0.2) is 0 Å². The zero-order valence-corrected chi connectivity index (χ0v) is 19.4. The monoisotopic (exact) mass is 414 g/mol. The third-order valence-corrected chi connectivity index (χ3v) is 10.0. The molecular weight excluding hydrogens is 372 g/mol. The quantitative estimate of drug-likeness (QED) is 0.599. The Labute approximate surface area is 183 Å². The molecule has 3 saturated carbocycles. The Morgan fingerprint density at radius 1 is 1.13 bits per heavy atom. The van der Waals surface area contributed by atoms with Gasteiger partial charge in [-0.15, -0.1) is 0 Å². The normalized spacial score (nSPS) is 46.7. The van der Waals surface area contributed by atoms with Crippen LogP contribution in [0.25, 0.3) is 0 Å². The predicted molar refractivity (Wildman–Crippen MR) is 121 cm³/mol. The van der Waals surface area contributed by atoms with E-state index in [2.05, 4.69) is 45.9 Å². The zero-order chi connectivity index (χ0) is 21.7. The largest absolute Gasteiger partial charge is 0.396 e. The van der Waals surface area contributed by atoms with Crippen LogP contribution < -0.4 is 0 Å². The molecule has 0 aromatic carbocycles. The average Bonchev–Trinajstić information content (AvgIpc) is 2.97. The van der Waals surface area contributed by atoms with Gasteiger partial charge in [0.1, 0.15) is 0 Å². The van der Waals surface area contributed by atoms with Crippen LogP contribution in [0, 0.1) is 46.3 Å². The second kappa shape index (κ2) is 7.89. The smallest absolute Gasteiger partial charge is 0.155 e. The van der Waals surface area contributed by atoms with Crippen molar-refractivity contribution in [3.8, 4) is 0 Å². The highest BCUT2D eigenvalue weighted by Gasteiger charge is 2.65. The van der Waals surface area contributed by atoms with Crippen molar-refractivity contribution in [2.45, 2.75) is 84.7 Å². The second-order valence-electron chi connectivity index (χ2n) is 11.8. The molecule has 3 nitrogen and oxygen atoms in total. The number of hydrogen-bond acceptors (Lipinski definition) is 3. The standard InChI is InChI=1S/C27H42O3/c1-18(2)6-5-7-20(17-28)27(30)15-12-24-22-9-8-19-16-21(29)10-13-25(19,3)23(22)11-14-26(24,27)4/h5,7,10,13,18-20,22-24,28,30H,6,8-9,11-12,14-17H2,1-4H3/b7-5+/t19-,20-,22-,23-,24-,25-,26-,27-/m0/s1. The fourth-order valence-corrected chi connectivity index (χ4v) is 8.18. The van der Waals surface area contributed by atoms with E-state index in [0.717, 1.165) is 44.9 Å². The van der Waals surface area contributed by atoms with E-state index in [1.807, 2.05) is 6.08 Å². The Kier molecular flexibility index (Phi) is 5.85. The lowest BCUT2D eigenvalue weighted by molar-refractivity contribution is -0.159. The van der Waals surface area contributed by atoms with Gasteiger partial charge >= 0.3 is 0 Å². The van der Waals surface area contributed by atoms with E-state index in [0.29, 0.717) is 35.4 Å². The lowest BCUT2D eigenvalue weighted by Gasteiger charge is -2.60. The number of aliphatic hydroxyl groups is 2.